The second-order valence-corrected chi connectivity index (χ2v) is 4.54. The number of nitrogens with two attached hydrogens (primary N) is 1. The summed E-state index contributed by atoms with van der Waals surface area (Å²) in [5.74, 6) is 5.65. The van der Waals surface area contributed by atoms with Crippen molar-refractivity contribution in [3.8, 4) is 11.8 Å². The zero-order chi connectivity index (χ0) is 16.1. The quantitative estimate of drug-likeness (QED) is 0.385. The summed E-state index contributed by atoms with van der Waals surface area (Å²) in [5.41, 5.74) is 7.90. The highest BCUT2D eigenvalue weighted by Crippen LogP contribution is 2.19. The van der Waals surface area contributed by atoms with Gasteiger partial charge >= 0.3 is 0 Å². The van der Waals surface area contributed by atoms with Crippen LogP contribution in [0, 0.1) is 22.0 Å². The number of rotatable bonds is 2. The van der Waals surface area contributed by atoms with E-state index < -0.39 is 4.92 Å². The fourth-order valence-corrected chi connectivity index (χ4v) is 1.76. The highest BCUT2D eigenvalue weighted by molar-refractivity contribution is 5.88. The predicted octanol–water partition coefficient (Wildman–Crippen LogP) is 2.54. The van der Waals surface area contributed by atoms with Gasteiger partial charge in [-0.1, -0.05) is 11.8 Å². The molecule has 2 rings (SSSR count). The van der Waals surface area contributed by atoms with Crippen LogP contribution in [0.15, 0.2) is 42.5 Å². The third-order valence-electron chi connectivity index (χ3n) is 2.79. The van der Waals surface area contributed by atoms with Crippen molar-refractivity contribution in [1.82, 2.24) is 0 Å². The van der Waals surface area contributed by atoms with Crippen molar-refractivity contribution in [3.05, 3.63) is 63.7 Å². The Morgan fingerprint density at radius 1 is 1.18 bits per heavy atom. The Labute approximate surface area is 127 Å². The minimum Gasteiger partial charge on any atom is -0.398 e. The zero-order valence-corrected chi connectivity index (χ0v) is 11.8. The van der Waals surface area contributed by atoms with Gasteiger partial charge in [0.15, 0.2) is 0 Å². The molecule has 0 bridgehead atoms. The molecular weight excluding hydrogens is 282 g/mol. The monoisotopic (exact) mass is 295 g/mol. The van der Waals surface area contributed by atoms with Crippen LogP contribution in [-0.4, -0.2) is 10.8 Å². The van der Waals surface area contributed by atoms with Gasteiger partial charge in [0.25, 0.3) is 5.69 Å². The van der Waals surface area contributed by atoms with Gasteiger partial charge < -0.3 is 11.1 Å². The number of nitrogens with one attached hydrogen (secondary N) is 1. The maximum Gasteiger partial charge on any atom is 0.271 e. The lowest BCUT2D eigenvalue weighted by atomic mass is 10.1. The first-order chi connectivity index (χ1) is 10.5. The number of hydrogen-bond acceptors (Lipinski definition) is 4. The molecule has 110 valence electrons. The van der Waals surface area contributed by atoms with Crippen molar-refractivity contribution >= 4 is 23.0 Å². The Bertz CT molecular complexity index is 787. The molecule has 3 N–H and O–H groups in total. The summed E-state index contributed by atoms with van der Waals surface area (Å²) < 4.78 is 0. The fraction of sp³-hybridized carbons (Fsp3) is 0.0625. The second-order valence-electron chi connectivity index (χ2n) is 4.54. The van der Waals surface area contributed by atoms with Crippen LogP contribution in [-0.2, 0) is 4.79 Å². The molecule has 0 aromatic heterocycles. The standard InChI is InChI=1S/C16H13N3O3/c1-11(20)18-14-7-3-12(4-8-14)2-5-13-6-9-15(19(21)22)10-16(13)17/h3-4,6-10H,17H2,1H3,(H,18,20). The zero-order valence-electron chi connectivity index (χ0n) is 11.8. The van der Waals surface area contributed by atoms with Gasteiger partial charge in [0.1, 0.15) is 0 Å². The van der Waals surface area contributed by atoms with E-state index in [9.17, 15) is 14.9 Å². The van der Waals surface area contributed by atoms with Crippen LogP contribution < -0.4 is 11.1 Å². The van der Waals surface area contributed by atoms with E-state index in [2.05, 4.69) is 17.2 Å². The average molecular weight is 295 g/mol. The summed E-state index contributed by atoms with van der Waals surface area (Å²) in [6, 6.07) is 11.2. The van der Waals surface area contributed by atoms with Crippen LogP contribution in [0.2, 0.25) is 0 Å². The van der Waals surface area contributed by atoms with E-state index >= 15 is 0 Å². The highest BCUT2D eigenvalue weighted by Gasteiger charge is 2.07. The molecule has 0 atom stereocenters. The molecule has 22 heavy (non-hydrogen) atoms. The normalized spacial score (nSPS) is 9.50. The van der Waals surface area contributed by atoms with Crippen molar-refractivity contribution in [2.24, 2.45) is 0 Å². The van der Waals surface area contributed by atoms with E-state index in [1.807, 2.05) is 0 Å². The van der Waals surface area contributed by atoms with E-state index in [4.69, 9.17) is 5.73 Å². The highest BCUT2D eigenvalue weighted by atomic mass is 16.6. The summed E-state index contributed by atoms with van der Waals surface area (Å²) in [6.07, 6.45) is 0. The number of nitrogens with zero attached hydrogens (tertiary/aromatic N) is 1. The van der Waals surface area contributed by atoms with E-state index in [0.717, 1.165) is 5.56 Å². The lowest BCUT2D eigenvalue weighted by molar-refractivity contribution is -0.384. The van der Waals surface area contributed by atoms with Gasteiger partial charge in [0.05, 0.1) is 10.6 Å². The van der Waals surface area contributed by atoms with Crippen LogP contribution in [0.1, 0.15) is 18.1 Å². The van der Waals surface area contributed by atoms with E-state index in [-0.39, 0.29) is 17.3 Å². The molecule has 0 aliphatic carbocycles. The Balaban J connectivity index is 2.19. The van der Waals surface area contributed by atoms with Crippen molar-refractivity contribution < 1.29 is 9.72 Å². The Hall–Kier alpha value is -3.33. The first-order valence-corrected chi connectivity index (χ1v) is 6.39. The lowest BCUT2D eigenvalue weighted by Gasteiger charge is -2.01. The first kappa shape index (κ1) is 15.1. The predicted molar refractivity (Wildman–Crippen MR) is 84.2 cm³/mol. The summed E-state index contributed by atoms with van der Waals surface area (Å²) in [6.45, 7) is 1.44. The van der Waals surface area contributed by atoms with Crippen LogP contribution in [0.3, 0.4) is 0 Å². The molecule has 0 saturated heterocycles. The molecule has 0 saturated carbocycles. The first-order valence-electron chi connectivity index (χ1n) is 6.39. The number of anilines is 2. The Morgan fingerprint density at radius 3 is 2.41 bits per heavy atom. The van der Waals surface area contributed by atoms with Crippen molar-refractivity contribution in [2.45, 2.75) is 6.92 Å². The molecule has 0 fully saturated rings. The lowest BCUT2D eigenvalue weighted by Crippen LogP contribution is -2.05. The fourth-order valence-electron chi connectivity index (χ4n) is 1.76. The van der Waals surface area contributed by atoms with Crippen LogP contribution in [0.4, 0.5) is 17.1 Å². The number of carbonyl (C=O) groups excluding carboxylic acids is 1. The van der Waals surface area contributed by atoms with Crippen LogP contribution in [0.25, 0.3) is 0 Å². The van der Waals surface area contributed by atoms with Crippen LogP contribution in [0.5, 0.6) is 0 Å². The summed E-state index contributed by atoms with van der Waals surface area (Å²) in [4.78, 5) is 21.1. The molecule has 0 heterocycles. The van der Waals surface area contributed by atoms with Crippen molar-refractivity contribution in [3.63, 3.8) is 0 Å². The smallest absolute Gasteiger partial charge is 0.271 e. The third kappa shape index (κ3) is 3.84. The molecule has 6 nitrogen and oxygen atoms in total. The second kappa shape index (κ2) is 6.41. The maximum atomic E-state index is 10.9. The Kier molecular flexibility index (Phi) is 4.39. The minimum atomic E-state index is -0.506. The molecule has 0 unspecified atom stereocenters. The molecule has 1 amide bonds. The minimum absolute atomic E-state index is 0.0669. The van der Waals surface area contributed by atoms with Gasteiger partial charge in [-0.2, -0.15) is 0 Å². The molecular formula is C16H13N3O3. The van der Waals surface area contributed by atoms with Gasteiger partial charge in [0.2, 0.25) is 5.91 Å². The van der Waals surface area contributed by atoms with Gasteiger partial charge in [-0.3, -0.25) is 14.9 Å². The third-order valence-corrected chi connectivity index (χ3v) is 2.79. The maximum absolute atomic E-state index is 10.9. The Morgan fingerprint density at radius 2 is 1.86 bits per heavy atom. The number of hydrogen-bond donors (Lipinski definition) is 2. The van der Waals surface area contributed by atoms with E-state index in [0.29, 0.717) is 11.3 Å². The summed E-state index contributed by atoms with van der Waals surface area (Å²) in [5, 5.41) is 13.3. The van der Waals surface area contributed by atoms with Gasteiger partial charge in [0, 0.05) is 35.9 Å². The van der Waals surface area contributed by atoms with Crippen molar-refractivity contribution in [1.29, 1.82) is 0 Å². The van der Waals surface area contributed by atoms with Gasteiger partial charge in [-0.25, -0.2) is 0 Å². The molecule has 0 aliphatic rings. The summed E-state index contributed by atoms with van der Waals surface area (Å²) in [7, 11) is 0. The molecule has 6 heteroatoms. The van der Waals surface area contributed by atoms with E-state index in [1.54, 1.807) is 24.3 Å². The number of nitro benzene ring substituents is 1. The molecule has 2 aromatic carbocycles. The average Bonchev–Trinajstić information content (AvgIpc) is 2.46. The van der Waals surface area contributed by atoms with Crippen molar-refractivity contribution in [2.75, 3.05) is 11.1 Å². The van der Waals surface area contributed by atoms with Crippen LogP contribution >= 0.6 is 0 Å². The number of carbonyl (C=O) groups is 1. The number of amides is 1. The number of nitrogen functional groups attached to an aromatic ring is 1. The molecule has 0 radical (unpaired) electrons. The SMILES string of the molecule is CC(=O)Nc1ccc(C#Cc2ccc([N+](=O)[O-])cc2N)cc1. The topological polar surface area (TPSA) is 98.3 Å². The van der Waals surface area contributed by atoms with Gasteiger partial charge in [-0.15, -0.1) is 0 Å². The molecule has 2 aromatic rings. The largest absolute Gasteiger partial charge is 0.398 e. The van der Waals surface area contributed by atoms with E-state index in [1.165, 1.54) is 25.1 Å². The molecule has 0 spiro atoms. The number of benzene rings is 2. The number of nitro groups is 1. The van der Waals surface area contributed by atoms with Gasteiger partial charge in [-0.05, 0) is 30.3 Å². The summed E-state index contributed by atoms with van der Waals surface area (Å²) >= 11 is 0. The molecule has 0 aliphatic heterocycles. The number of non-ortho nitro benzene ring substituents is 1.